The third kappa shape index (κ3) is 5.07. The molecule has 0 aromatic heterocycles. The lowest BCUT2D eigenvalue weighted by atomic mass is 10.2. The molecule has 1 amide bonds. The molecule has 0 heterocycles. The number of rotatable bonds is 5. The lowest BCUT2D eigenvalue weighted by Crippen LogP contribution is -2.16. The molecule has 0 unspecified atom stereocenters. The van der Waals surface area contributed by atoms with Crippen molar-refractivity contribution in [2.75, 3.05) is 5.32 Å². The summed E-state index contributed by atoms with van der Waals surface area (Å²) in [6.07, 6.45) is -0.691. The molecule has 0 aliphatic carbocycles. The molecule has 0 bridgehead atoms. The van der Waals surface area contributed by atoms with E-state index in [0.717, 1.165) is 5.56 Å². The van der Waals surface area contributed by atoms with Gasteiger partial charge in [-0.05, 0) is 48.0 Å². The summed E-state index contributed by atoms with van der Waals surface area (Å²) in [5.74, 6) is 0.598. The third-order valence-corrected chi connectivity index (χ3v) is 3.35. The van der Waals surface area contributed by atoms with Crippen LogP contribution >= 0.6 is 0 Å². The van der Waals surface area contributed by atoms with Crippen molar-refractivity contribution in [3.05, 3.63) is 90.2 Å². The van der Waals surface area contributed by atoms with Crippen molar-refractivity contribution >= 4 is 11.8 Å². The van der Waals surface area contributed by atoms with Crippen molar-refractivity contribution in [2.24, 2.45) is 0 Å². The van der Waals surface area contributed by atoms with Gasteiger partial charge in [0.25, 0.3) is 0 Å². The molecule has 126 valence electrons. The summed E-state index contributed by atoms with van der Waals surface area (Å²) < 4.78 is 23.9. The van der Waals surface area contributed by atoms with Gasteiger partial charge >= 0.3 is 6.09 Å². The van der Waals surface area contributed by atoms with Crippen LogP contribution in [0.15, 0.2) is 78.9 Å². The standard InChI is InChI=1S/C20H16FNO3/c21-16-7-4-8-17(13-16)22-20(23)25-19-11-9-18(10-12-19)24-14-15-5-2-1-3-6-15/h1-13H,14H2,(H,22,23). The van der Waals surface area contributed by atoms with Gasteiger partial charge in [0.05, 0.1) is 0 Å². The zero-order chi connectivity index (χ0) is 17.5. The number of nitrogens with one attached hydrogen (secondary N) is 1. The van der Waals surface area contributed by atoms with Crippen LogP contribution < -0.4 is 14.8 Å². The lowest BCUT2D eigenvalue weighted by molar-refractivity contribution is 0.215. The van der Waals surface area contributed by atoms with E-state index in [-0.39, 0.29) is 0 Å². The first-order chi connectivity index (χ1) is 12.2. The Hall–Kier alpha value is -3.34. The van der Waals surface area contributed by atoms with Crippen LogP contribution in [0.2, 0.25) is 0 Å². The van der Waals surface area contributed by atoms with Crippen LogP contribution in [0.3, 0.4) is 0 Å². The van der Waals surface area contributed by atoms with Crippen molar-refractivity contribution in [1.29, 1.82) is 0 Å². The van der Waals surface area contributed by atoms with Crippen LogP contribution in [-0.4, -0.2) is 6.09 Å². The highest BCUT2D eigenvalue weighted by Crippen LogP contribution is 2.19. The molecule has 0 radical (unpaired) electrons. The smallest absolute Gasteiger partial charge is 0.417 e. The SMILES string of the molecule is O=C(Nc1cccc(F)c1)Oc1ccc(OCc2ccccc2)cc1. The molecule has 0 aliphatic rings. The van der Waals surface area contributed by atoms with Crippen molar-refractivity contribution in [2.45, 2.75) is 6.61 Å². The molecule has 0 spiro atoms. The van der Waals surface area contributed by atoms with Gasteiger partial charge in [-0.15, -0.1) is 0 Å². The first-order valence-electron chi connectivity index (χ1n) is 7.70. The second-order valence-corrected chi connectivity index (χ2v) is 5.27. The summed E-state index contributed by atoms with van der Waals surface area (Å²) in [5.41, 5.74) is 1.39. The monoisotopic (exact) mass is 337 g/mol. The Balaban J connectivity index is 1.52. The minimum atomic E-state index is -0.691. The summed E-state index contributed by atoms with van der Waals surface area (Å²) in [4.78, 5) is 11.8. The summed E-state index contributed by atoms with van der Waals surface area (Å²) in [7, 11) is 0. The average molecular weight is 337 g/mol. The van der Waals surface area contributed by atoms with E-state index in [0.29, 0.717) is 23.8 Å². The summed E-state index contributed by atoms with van der Waals surface area (Å²) in [6, 6.07) is 22.1. The number of amides is 1. The van der Waals surface area contributed by atoms with Gasteiger partial charge in [0.15, 0.2) is 0 Å². The highest BCUT2D eigenvalue weighted by molar-refractivity contribution is 5.86. The first-order valence-corrected chi connectivity index (χ1v) is 7.70. The van der Waals surface area contributed by atoms with Gasteiger partial charge in [0.1, 0.15) is 23.9 Å². The largest absolute Gasteiger partial charge is 0.489 e. The van der Waals surface area contributed by atoms with Crippen molar-refractivity contribution < 1.29 is 18.7 Å². The van der Waals surface area contributed by atoms with E-state index in [1.165, 1.54) is 18.2 Å². The lowest BCUT2D eigenvalue weighted by Gasteiger charge is -2.09. The van der Waals surface area contributed by atoms with E-state index >= 15 is 0 Å². The number of benzene rings is 3. The van der Waals surface area contributed by atoms with Crippen LogP contribution in [0, 0.1) is 5.82 Å². The van der Waals surface area contributed by atoms with E-state index < -0.39 is 11.9 Å². The molecule has 0 atom stereocenters. The van der Waals surface area contributed by atoms with E-state index in [1.54, 1.807) is 30.3 Å². The summed E-state index contributed by atoms with van der Waals surface area (Å²) in [5, 5.41) is 2.46. The molecule has 0 saturated carbocycles. The van der Waals surface area contributed by atoms with E-state index in [1.807, 2.05) is 30.3 Å². The van der Waals surface area contributed by atoms with Crippen LogP contribution in [-0.2, 0) is 6.61 Å². The fourth-order valence-electron chi connectivity index (χ4n) is 2.16. The number of halogens is 1. The Labute approximate surface area is 144 Å². The van der Waals surface area contributed by atoms with E-state index in [2.05, 4.69) is 5.32 Å². The fraction of sp³-hybridized carbons (Fsp3) is 0.0500. The van der Waals surface area contributed by atoms with Crippen LogP contribution in [0.25, 0.3) is 0 Å². The van der Waals surface area contributed by atoms with Gasteiger partial charge in [-0.2, -0.15) is 0 Å². The molecule has 0 saturated heterocycles. The Morgan fingerprint density at radius 1 is 0.880 bits per heavy atom. The van der Waals surface area contributed by atoms with Crippen molar-refractivity contribution in [3.8, 4) is 11.5 Å². The molecule has 1 N–H and O–H groups in total. The Morgan fingerprint density at radius 3 is 2.32 bits per heavy atom. The summed E-state index contributed by atoms with van der Waals surface area (Å²) in [6.45, 7) is 0.459. The molecule has 25 heavy (non-hydrogen) atoms. The maximum absolute atomic E-state index is 13.1. The highest BCUT2D eigenvalue weighted by atomic mass is 19.1. The third-order valence-electron chi connectivity index (χ3n) is 3.35. The highest BCUT2D eigenvalue weighted by Gasteiger charge is 2.06. The summed E-state index contributed by atoms with van der Waals surface area (Å²) >= 11 is 0. The maximum atomic E-state index is 13.1. The zero-order valence-corrected chi connectivity index (χ0v) is 13.3. The number of carbonyl (C=O) groups is 1. The molecule has 0 aliphatic heterocycles. The quantitative estimate of drug-likeness (QED) is 0.711. The van der Waals surface area contributed by atoms with Crippen LogP contribution in [0.5, 0.6) is 11.5 Å². The Kier molecular flexibility index (Phi) is 5.26. The van der Waals surface area contributed by atoms with Crippen LogP contribution in [0.1, 0.15) is 5.56 Å². The zero-order valence-electron chi connectivity index (χ0n) is 13.3. The molecule has 4 nitrogen and oxygen atoms in total. The molecule has 0 fully saturated rings. The molecule has 5 heteroatoms. The first kappa shape index (κ1) is 16.5. The maximum Gasteiger partial charge on any atom is 0.417 e. The van der Waals surface area contributed by atoms with Gasteiger partial charge in [-0.1, -0.05) is 36.4 Å². The van der Waals surface area contributed by atoms with Gasteiger partial charge in [0, 0.05) is 5.69 Å². The average Bonchev–Trinajstić information content (AvgIpc) is 2.62. The van der Waals surface area contributed by atoms with Gasteiger partial charge in [0.2, 0.25) is 0 Å². The molecular formula is C20H16FNO3. The van der Waals surface area contributed by atoms with E-state index in [9.17, 15) is 9.18 Å². The van der Waals surface area contributed by atoms with Crippen molar-refractivity contribution in [1.82, 2.24) is 0 Å². The molecular weight excluding hydrogens is 321 g/mol. The fourth-order valence-corrected chi connectivity index (χ4v) is 2.16. The predicted octanol–water partition coefficient (Wildman–Crippen LogP) is 5.02. The second kappa shape index (κ2) is 7.97. The van der Waals surface area contributed by atoms with Crippen molar-refractivity contribution in [3.63, 3.8) is 0 Å². The molecule has 3 rings (SSSR count). The Morgan fingerprint density at radius 2 is 1.60 bits per heavy atom. The predicted molar refractivity (Wildman–Crippen MR) is 93.3 cm³/mol. The number of hydrogen-bond acceptors (Lipinski definition) is 3. The van der Waals surface area contributed by atoms with Crippen LogP contribution in [0.4, 0.5) is 14.9 Å². The number of anilines is 1. The number of carbonyl (C=O) groups excluding carboxylic acids is 1. The number of ether oxygens (including phenoxy) is 2. The van der Waals surface area contributed by atoms with Gasteiger partial charge in [-0.3, -0.25) is 5.32 Å². The normalized spacial score (nSPS) is 10.1. The molecule has 3 aromatic rings. The van der Waals surface area contributed by atoms with E-state index in [4.69, 9.17) is 9.47 Å². The number of hydrogen-bond donors (Lipinski definition) is 1. The van der Waals surface area contributed by atoms with Gasteiger partial charge < -0.3 is 9.47 Å². The molecule has 3 aromatic carbocycles. The minimum absolute atomic E-state index is 0.327. The second-order valence-electron chi connectivity index (χ2n) is 5.27. The topological polar surface area (TPSA) is 47.6 Å². The van der Waals surface area contributed by atoms with Gasteiger partial charge in [-0.25, -0.2) is 9.18 Å². The minimum Gasteiger partial charge on any atom is -0.489 e. The Bertz CT molecular complexity index is 835.